The summed E-state index contributed by atoms with van der Waals surface area (Å²) in [6, 6.07) is 3.50. The molecule has 1 fully saturated rings. The number of hydrogen-bond acceptors (Lipinski definition) is 2. The van der Waals surface area contributed by atoms with Crippen molar-refractivity contribution in [2.75, 3.05) is 5.73 Å². The highest BCUT2D eigenvalue weighted by atomic mass is 19.1. The summed E-state index contributed by atoms with van der Waals surface area (Å²) >= 11 is 0. The van der Waals surface area contributed by atoms with Gasteiger partial charge in [0, 0.05) is 24.6 Å². The van der Waals surface area contributed by atoms with Crippen LogP contribution >= 0.6 is 0 Å². The minimum absolute atomic E-state index is 0.333. The molecule has 0 amide bonds. The minimum atomic E-state index is -0.597. The van der Waals surface area contributed by atoms with Gasteiger partial charge in [0.15, 0.2) is 0 Å². The molecule has 0 atom stereocenters. The van der Waals surface area contributed by atoms with E-state index in [9.17, 15) is 8.78 Å². The summed E-state index contributed by atoms with van der Waals surface area (Å²) in [5.74, 6) is -0.405. The summed E-state index contributed by atoms with van der Waals surface area (Å²) < 4.78 is 28.5. The maximum atomic E-state index is 13.5. The van der Waals surface area contributed by atoms with Gasteiger partial charge in [-0.1, -0.05) is 12.8 Å². The van der Waals surface area contributed by atoms with Crippen LogP contribution in [0.2, 0.25) is 0 Å². The van der Waals surface area contributed by atoms with Crippen molar-refractivity contribution in [1.82, 2.24) is 9.78 Å². The molecule has 1 aromatic heterocycles. The number of nitrogens with zero attached hydrogens (tertiary/aromatic N) is 2. The molecule has 0 bridgehead atoms. The van der Waals surface area contributed by atoms with E-state index in [1.54, 1.807) is 11.7 Å². The number of halogens is 2. The van der Waals surface area contributed by atoms with Gasteiger partial charge in [-0.05, 0) is 30.5 Å². The molecule has 1 aromatic carbocycles. The van der Waals surface area contributed by atoms with Crippen molar-refractivity contribution in [2.24, 2.45) is 7.05 Å². The Labute approximate surface area is 116 Å². The van der Waals surface area contributed by atoms with Crippen molar-refractivity contribution in [3.05, 3.63) is 35.5 Å². The Bertz CT molecular complexity index is 623. The van der Waals surface area contributed by atoms with Crippen LogP contribution in [0.5, 0.6) is 0 Å². The lowest BCUT2D eigenvalue weighted by Crippen LogP contribution is -1.98. The second-order valence-electron chi connectivity index (χ2n) is 5.41. The number of nitrogen functional groups attached to an aromatic ring is 1. The maximum absolute atomic E-state index is 13.5. The molecule has 2 N–H and O–H groups in total. The van der Waals surface area contributed by atoms with Crippen LogP contribution in [-0.4, -0.2) is 9.78 Å². The van der Waals surface area contributed by atoms with E-state index in [2.05, 4.69) is 5.10 Å². The predicted octanol–water partition coefficient (Wildman–Crippen LogP) is 3.61. The molecule has 3 nitrogen and oxygen atoms in total. The van der Waals surface area contributed by atoms with Gasteiger partial charge in [0.05, 0.1) is 5.69 Å². The third-order valence-corrected chi connectivity index (χ3v) is 4.01. The highest BCUT2D eigenvalue weighted by Crippen LogP contribution is 2.41. The highest BCUT2D eigenvalue weighted by Gasteiger charge is 2.26. The smallest absolute Gasteiger partial charge is 0.129 e. The van der Waals surface area contributed by atoms with Crippen LogP contribution in [0.3, 0.4) is 0 Å². The lowest BCUT2D eigenvalue weighted by molar-refractivity contribution is 0.584. The van der Waals surface area contributed by atoms with Gasteiger partial charge in [-0.3, -0.25) is 4.68 Å². The molecule has 0 saturated heterocycles. The van der Waals surface area contributed by atoms with E-state index in [0.29, 0.717) is 22.9 Å². The van der Waals surface area contributed by atoms with Crippen LogP contribution < -0.4 is 5.73 Å². The number of aromatic nitrogens is 2. The Kier molecular flexibility index (Phi) is 3.20. The van der Waals surface area contributed by atoms with Crippen molar-refractivity contribution in [2.45, 2.75) is 31.6 Å². The fourth-order valence-electron chi connectivity index (χ4n) is 3.04. The average Bonchev–Trinajstić information content (AvgIpc) is 2.97. The number of aryl methyl sites for hydroxylation is 1. The molecule has 1 saturated carbocycles. The molecule has 0 radical (unpaired) electrons. The molecule has 0 aliphatic heterocycles. The van der Waals surface area contributed by atoms with E-state index < -0.39 is 11.6 Å². The molecular formula is C15H17F2N3. The third-order valence-electron chi connectivity index (χ3n) is 4.01. The number of hydrogen-bond donors (Lipinski definition) is 1. The van der Waals surface area contributed by atoms with Gasteiger partial charge in [-0.25, -0.2) is 8.78 Å². The van der Waals surface area contributed by atoms with E-state index in [0.717, 1.165) is 37.4 Å². The summed E-state index contributed by atoms with van der Waals surface area (Å²) in [4.78, 5) is 0. The van der Waals surface area contributed by atoms with Crippen LogP contribution in [-0.2, 0) is 7.05 Å². The monoisotopic (exact) mass is 277 g/mol. The van der Waals surface area contributed by atoms with Crippen molar-refractivity contribution in [3.63, 3.8) is 0 Å². The topological polar surface area (TPSA) is 43.8 Å². The van der Waals surface area contributed by atoms with Crippen LogP contribution in [0, 0.1) is 11.6 Å². The standard InChI is InChI=1S/C15H17F2N3/c1-20-15(18)13(10-6-11(16)8-12(17)7-10)14(19-20)9-4-2-3-5-9/h6-9H,2-5,18H2,1H3. The van der Waals surface area contributed by atoms with E-state index in [1.807, 2.05) is 0 Å². The van der Waals surface area contributed by atoms with Crippen molar-refractivity contribution >= 4 is 5.82 Å². The first-order valence-electron chi connectivity index (χ1n) is 6.85. The number of rotatable bonds is 2. The lowest BCUT2D eigenvalue weighted by atomic mass is 9.95. The van der Waals surface area contributed by atoms with Gasteiger partial charge in [-0.15, -0.1) is 0 Å². The normalized spacial score (nSPS) is 15.9. The molecule has 1 heterocycles. The van der Waals surface area contributed by atoms with Crippen molar-refractivity contribution in [1.29, 1.82) is 0 Å². The minimum Gasteiger partial charge on any atom is -0.383 e. The molecule has 1 aliphatic rings. The van der Waals surface area contributed by atoms with Gasteiger partial charge in [0.2, 0.25) is 0 Å². The molecule has 20 heavy (non-hydrogen) atoms. The molecule has 1 aliphatic carbocycles. The summed E-state index contributed by atoms with van der Waals surface area (Å²) in [5, 5.41) is 4.47. The largest absolute Gasteiger partial charge is 0.383 e. The molecule has 0 unspecified atom stereocenters. The molecular weight excluding hydrogens is 260 g/mol. The third kappa shape index (κ3) is 2.17. The first kappa shape index (κ1) is 13.1. The Morgan fingerprint density at radius 3 is 2.35 bits per heavy atom. The first-order chi connectivity index (χ1) is 9.56. The molecule has 0 spiro atoms. The lowest BCUT2D eigenvalue weighted by Gasteiger charge is -2.09. The summed E-state index contributed by atoms with van der Waals surface area (Å²) in [5.41, 5.74) is 8.07. The fourth-order valence-corrected chi connectivity index (χ4v) is 3.04. The quantitative estimate of drug-likeness (QED) is 0.911. The Morgan fingerprint density at radius 1 is 1.15 bits per heavy atom. The Morgan fingerprint density at radius 2 is 1.75 bits per heavy atom. The van der Waals surface area contributed by atoms with Gasteiger partial charge in [-0.2, -0.15) is 5.10 Å². The van der Waals surface area contributed by atoms with Gasteiger partial charge < -0.3 is 5.73 Å². The van der Waals surface area contributed by atoms with Gasteiger partial charge >= 0.3 is 0 Å². The van der Waals surface area contributed by atoms with Crippen LogP contribution in [0.15, 0.2) is 18.2 Å². The second-order valence-corrected chi connectivity index (χ2v) is 5.41. The van der Waals surface area contributed by atoms with E-state index in [1.165, 1.54) is 12.1 Å². The summed E-state index contributed by atoms with van der Waals surface area (Å²) in [7, 11) is 1.76. The highest BCUT2D eigenvalue weighted by molar-refractivity contribution is 5.77. The van der Waals surface area contributed by atoms with Gasteiger partial charge in [0.25, 0.3) is 0 Å². The van der Waals surface area contributed by atoms with Gasteiger partial charge in [0.1, 0.15) is 17.5 Å². The van der Waals surface area contributed by atoms with E-state index >= 15 is 0 Å². The van der Waals surface area contributed by atoms with Crippen molar-refractivity contribution in [3.8, 4) is 11.1 Å². The SMILES string of the molecule is Cn1nc(C2CCCC2)c(-c2cc(F)cc(F)c2)c1N. The molecule has 2 aromatic rings. The summed E-state index contributed by atoms with van der Waals surface area (Å²) in [6.07, 6.45) is 4.44. The molecule has 106 valence electrons. The number of nitrogens with two attached hydrogens (primary N) is 1. The zero-order valence-electron chi connectivity index (χ0n) is 11.4. The van der Waals surface area contributed by atoms with Crippen LogP contribution in [0.25, 0.3) is 11.1 Å². The zero-order valence-corrected chi connectivity index (χ0v) is 11.4. The second kappa shape index (κ2) is 4.89. The van der Waals surface area contributed by atoms with Crippen LogP contribution in [0.1, 0.15) is 37.3 Å². The summed E-state index contributed by atoms with van der Waals surface area (Å²) in [6.45, 7) is 0. The Hall–Kier alpha value is -1.91. The zero-order chi connectivity index (χ0) is 14.3. The van der Waals surface area contributed by atoms with Crippen molar-refractivity contribution < 1.29 is 8.78 Å². The predicted molar refractivity (Wildman–Crippen MR) is 74.2 cm³/mol. The fraction of sp³-hybridized carbons (Fsp3) is 0.400. The molecule has 3 rings (SSSR count). The maximum Gasteiger partial charge on any atom is 0.129 e. The number of benzene rings is 1. The van der Waals surface area contributed by atoms with Crippen LogP contribution in [0.4, 0.5) is 14.6 Å². The first-order valence-corrected chi connectivity index (χ1v) is 6.85. The molecule has 5 heteroatoms. The Balaban J connectivity index is 2.16. The average molecular weight is 277 g/mol. The van der Waals surface area contributed by atoms with E-state index in [-0.39, 0.29) is 0 Å². The number of anilines is 1. The van der Waals surface area contributed by atoms with E-state index in [4.69, 9.17) is 5.73 Å².